The molecule has 1 saturated heterocycles. The smallest absolute Gasteiger partial charge is 0.291 e. The predicted molar refractivity (Wildman–Crippen MR) is 113 cm³/mol. The van der Waals surface area contributed by atoms with Gasteiger partial charge in [0.15, 0.2) is 5.89 Å². The van der Waals surface area contributed by atoms with Crippen molar-refractivity contribution in [3.63, 3.8) is 0 Å². The Labute approximate surface area is 176 Å². The summed E-state index contributed by atoms with van der Waals surface area (Å²) < 4.78 is 11.7. The number of rotatable bonds is 5. The summed E-state index contributed by atoms with van der Waals surface area (Å²) in [5.74, 6) is 0.784. The van der Waals surface area contributed by atoms with Gasteiger partial charge in [-0.3, -0.25) is 9.78 Å². The molecule has 0 spiro atoms. The van der Waals surface area contributed by atoms with Gasteiger partial charge in [0.1, 0.15) is 6.10 Å². The van der Waals surface area contributed by atoms with Crippen molar-refractivity contribution in [2.45, 2.75) is 39.7 Å². The molecule has 2 aromatic heterocycles. The zero-order chi connectivity index (χ0) is 21.1. The van der Waals surface area contributed by atoms with E-state index in [-0.39, 0.29) is 12.0 Å². The Morgan fingerprint density at radius 1 is 1.13 bits per heavy atom. The van der Waals surface area contributed by atoms with Gasteiger partial charge >= 0.3 is 0 Å². The number of amides is 1. The van der Waals surface area contributed by atoms with E-state index >= 15 is 0 Å². The van der Waals surface area contributed by atoms with Crippen LogP contribution in [-0.4, -0.2) is 40.5 Å². The lowest BCUT2D eigenvalue weighted by atomic mass is 10.0. The van der Waals surface area contributed by atoms with Gasteiger partial charge in [0.25, 0.3) is 5.91 Å². The Hall–Kier alpha value is -2.99. The van der Waals surface area contributed by atoms with Crippen molar-refractivity contribution in [2.75, 3.05) is 19.7 Å². The van der Waals surface area contributed by atoms with E-state index in [2.05, 4.69) is 29.2 Å². The lowest BCUT2D eigenvalue weighted by molar-refractivity contribution is -0.0258. The normalized spacial score (nSPS) is 16.6. The van der Waals surface area contributed by atoms with Crippen molar-refractivity contribution >= 4 is 5.91 Å². The zero-order valence-electron chi connectivity index (χ0n) is 17.7. The molecular weight excluding hydrogens is 378 g/mol. The maximum atomic E-state index is 13.0. The summed E-state index contributed by atoms with van der Waals surface area (Å²) in [5, 5.41) is 0. The van der Waals surface area contributed by atoms with Gasteiger partial charge in [-0.15, -0.1) is 0 Å². The van der Waals surface area contributed by atoms with Crippen LogP contribution in [0.4, 0.5) is 0 Å². The van der Waals surface area contributed by atoms with Crippen molar-refractivity contribution < 1.29 is 13.9 Å². The minimum Gasteiger partial charge on any atom is -0.435 e. The maximum Gasteiger partial charge on any atom is 0.291 e. The van der Waals surface area contributed by atoms with Crippen molar-refractivity contribution in [1.29, 1.82) is 0 Å². The van der Waals surface area contributed by atoms with Gasteiger partial charge in [-0.2, -0.15) is 0 Å². The lowest BCUT2D eigenvalue weighted by Crippen LogP contribution is -2.42. The lowest BCUT2D eigenvalue weighted by Gasteiger charge is -2.32. The maximum absolute atomic E-state index is 13.0. The van der Waals surface area contributed by atoms with Crippen LogP contribution >= 0.6 is 0 Å². The molecule has 0 N–H and O–H groups in total. The fourth-order valence-corrected chi connectivity index (χ4v) is 3.82. The second-order valence-electron chi connectivity index (χ2n) is 7.69. The third-order valence-electron chi connectivity index (χ3n) is 5.31. The summed E-state index contributed by atoms with van der Waals surface area (Å²) in [6, 6.07) is 14.6. The minimum atomic E-state index is -0.258. The number of nitrogens with zero attached hydrogens (tertiary/aromatic N) is 3. The molecule has 6 nitrogen and oxygen atoms in total. The number of aromatic nitrogens is 2. The van der Waals surface area contributed by atoms with Gasteiger partial charge in [-0.1, -0.05) is 37.3 Å². The second-order valence-corrected chi connectivity index (χ2v) is 7.69. The highest BCUT2D eigenvalue weighted by Gasteiger charge is 2.30. The van der Waals surface area contributed by atoms with E-state index in [1.54, 1.807) is 4.90 Å². The van der Waals surface area contributed by atoms with Gasteiger partial charge < -0.3 is 14.1 Å². The van der Waals surface area contributed by atoms with Crippen molar-refractivity contribution in [3.8, 4) is 0 Å². The summed E-state index contributed by atoms with van der Waals surface area (Å²) in [7, 11) is 0. The van der Waals surface area contributed by atoms with Crippen molar-refractivity contribution in [3.05, 3.63) is 82.3 Å². The fourth-order valence-electron chi connectivity index (χ4n) is 3.82. The molecule has 4 rings (SSSR count). The summed E-state index contributed by atoms with van der Waals surface area (Å²) in [6.07, 6.45) is 1.24. The molecule has 1 aromatic carbocycles. The van der Waals surface area contributed by atoms with Crippen LogP contribution in [0.15, 0.2) is 46.9 Å². The monoisotopic (exact) mass is 405 g/mol. The predicted octanol–water partition coefficient (Wildman–Crippen LogP) is 4.05. The first-order chi connectivity index (χ1) is 14.5. The molecule has 156 valence electrons. The van der Waals surface area contributed by atoms with Gasteiger partial charge in [0.05, 0.1) is 24.5 Å². The van der Waals surface area contributed by atoms with Crippen LogP contribution in [0.25, 0.3) is 0 Å². The molecular formula is C24H27N3O3. The average Bonchev–Trinajstić information content (AvgIpc) is 3.14. The van der Waals surface area contributed by atoms with Gasteiger partial charge in [-0.05, 0) is 43.5 Å². The van der Waals surface area contributed by atoms with Crippen LogP contribution in [0.1, 0.15) is 57.7 Å². The first-order valence-corrected chi connectivity index (χ1v) is 10.4. The topological polar surface area (TPSA) is 68.5 Å². The Kier molecular flexibility index (Phi) is 5.95. The van der Waals surface area contributed by atoms with Crippen LogP contribution < -0.4 is 0 Å². The number of oxazole rings is 1. The quantitative estimate of drug-likeness (QED) is 0.640. The number of benzene rings is 1. The summed E-state index contributed by atoms with van der Waals surface area (Å²) in [4.78, 5) is 23.8. The second kappa shape index (κ2) is 8.79. The SMILES string of the molecule is CCc1nc(C)c(C(=O)N2CCO[C@H](c3cc(Cc4ccccc4)cc(C)n3)C2)o1. The summed E-state index contributed by atoms with van der Waals surface area (Å²) in [6.45, 7) is 7.20. The molecule has 0 radical (unpaired) electrons. The molecule has 0 bridgehead atoms. The number of hydrogen-bond acceptors (Lipinski definition) is 5. The highest BCUT2D eigenvalue weighted by atomic mass is 16.5. The standard InChI is InChI=1S/C24H27N3O3/c1-4-22-26-17(3)23(30-22)24(28)27-10-11-29-21(15-27)20-14-19(12-16(2)25-20)13-18-8-6-5-7-9-18/h5-9,12,14,21H,4,10-11,13,15H2,1-3H3/t21-/m0/s1. The number of hydrogen-bond donors (Lipinski definition) is 0. The van der Waals surface area contributed by atoms with Crippen molar-refractivity contribution in [1.82, 2.24) is 14.9 Å². The highest BCUT2D eigenvalue weighted by Crippen LogP contribution is 2.25. The number of morpholine rings is 1. The third kappa shape index (κ3) is 4.44. The Bertz CT molecular complexity index is 1030. The van der Waals surface area contributed by atoms with E-state index in [4.69, 9.17) is 14.1 Å². The number of carbonyl (C=O) groups excluding carboxylic acids is 1. The minimum absolute atomic E-state index is 0.134. The third-order valence-corrected chi connectivity index (χ3v) is 5.31. The van der Waals surface area contributed by atoms with Crippen molar-refractivity contribution in [2.24, 2.45) is 0 Å². The Balaban J connectivity index is 1.53. The molecule has 1 aliphatic rings. The van der Waals surface area contributed by atoms with E-state index in [1.807, 2.05) is 39.0 Å². The number of carbonyl (C=O) groups is 1. The zero-order valence-corrected chi connectivity index (χ0v) is 17.7. The molecule has 0 aliphatic carbocycles. The fraction of sp³-hybridized carbons (Fsp3) is 0.375. The molecule has 1 amide bonds. The van der Waals surface area contributed by atoms with Crippen LogP contribution in [0.5, 0.6) is 0 Å². The van der Waals surface area contributed by atoms with Crippen LogP contribution in [0.3, 0.4) is 0 Å². The van der Waals surface area contributed by atoms with E-state index in [0.29, 0.717) is 43.5 Å². The number of aryl methyl sites for hydroxylation is 3. The van der Waals surface area contributed by atoms with E-state index in [1.165, 1.54) is 11.1 Å². The highest BCUT2D eigenvalue weighted by molar-refractivity contribution is 5.92. The summed E-state index contributed by atoms with van der Waals surface area (Å²) in [5.41, 5.74) is 4.89. The Morgan fingerprint density at radius 2 is 1.93 bits per heavy atom. The van der Waals surface area contributed by atoms with E-state index in [9.17, 15) is 4.79 Å². The van der Waals surface area contributed by atoms with Crippen LogP contribution in [0, 0.1) is 13.8 Å². The van der Waals surface area contributed by atoms with Gasteiger partial charge in [-0.25, -0.2) is 4.98 Å². The first kappa shape index (κ1) is 20.3. The molecule has 1 fully saturated rings. The average molecular weight is 405 g/mol. The van der Waals surface area contributed by atoms with Crippen LogP contribution in [0.2, 0.25) is 0 Å². The largest absolute Gasteiger partial charge is 0.435 e. The molecule has 3 aromatic rings. The number of pyridine rings is 1. The molecule has 0 unspecified atom stereocenters. The molecule has 0 saturated carbocycles. The van der Waals surface area contributed by atoms with E-state index in [0.717, 1.165) is 17.8 Å². The Morgan fingerprint density at radius 3 is 2.67 bits per heavy atom. The first-order valence-electron chi connectivity index (χ1n) is 10.4. The van der Waals surface area contributed by atoms with Gasteiger partial charge in [0, 0.05) is 18.7 Å². The summed E-state index contributed by atoms with van der Waals surface area (Å²) >= 11 is 0. The van der Waals surface area contributed by atoms with E-state index < -0.39 is 0 Å². The molecule has 3 heterocycles. The molecule has 30 heavy (non-hydrogen) atoms. The van der Waals surface area contributed by atoms with Crippen LogP contribution in [-0.2, 0) is 17.6 Å². The molecule has 6 heteroatoms. The van der Waals surface area contributed by atoms with Gasteiger partial charge in [0.2, 0.25) is 5.76 Å². The number of ether oxygens (including phenoxy) is 1. The molecule has 1 aliphatic heterocycles. The molecule has 1 atom stereocenters.